The number of halogens is 2. The van der Waals surface area contributed by atoms with Crippen LogP contribution in [0.15, 0.2) is 29.2 Å². The molecule has 0 spiro atoms. The Balaban J connectivity index is 2.15. The molecule has 0 unspecified atom stereocenters. The predicted octanol–water partition coefficient (Wildman–Crippen LogP) is 3.43. The van der Waals surface area contributed by atoms with E-state index < -0.39 is 15.6 Å². The lowest BCUT2D eigenvalue weighted by Gasteiger charge is -2.26. The first-order valence-electron chi connectivity index (χ1n) is 6.24. The molecule has 1 aromatic carbocycles. The van der Waals surface area contributed by atoms with Gasteiger partial charge in [0.25, 0.3) is 0 Å². The van der Waals surface area contributed by atoms with E-state index in [0.717, 1.165) is 18.5 Å². The van der Waals surface area contributed by atoms with Crippen LogP contribution in [0.4, 0.5) is 14.5 Å². The highest BCUT2D eigenvalue weighted by Gasteiger charge is 2.29. The van der Waals surface area contributed by atoms with Crippen molar-refractivity contribution in [3.63, 3.8) is 0 Å². The van der Waals surface area contributed by atoms with Gasteiger partial charge in [0.1, 0.15) is 0 Å². The Labute approximate surface area is 111 Å². The third kappa shape index (κ3) is 3.05. The largest absolute Gasteiger partial charge is 0.380 e. The Kier molecular flexibility index (Phi) is 3.80. The van der Waals surface area contributed by atoms with Gasteiger partial charge in [0.05, 0.1) is 4.90 Å². The monoisotopic (exact) mass is 289 g/mol. The number of hydrogen-bond donors (Lipinski definition) is 1. The van der Waals surface area contributed by atoms with Crippen molar-refractivity contribution in [3.8, 4) is 0 Å². The van der Waals surface area contributed by atoms with E-state index in [4.69, 9.17) is 0 Å². The van der Waals surface area contributed by atoms with Crippen molar-refractivity contribution in [3.05, 3.63) is 24.3 Å². The van der Waals surface area contributed by atoms with Gasteiger partial charge in [-0.2, -0.15) is 8.78 Å². The van der Waals surface area contributed by atoms with Crippen LogP contribution in [0.2, 0.25) is 0 Å². The smallest absolute Gasteiger partial charge is 0.341 e. The summed E-state index contributed by atoms with van der Waals surface area (Å²) in [5.74, 6) is -3.38. The molecule has 0 amide bonds. The van der Waals surface area contributed by atoms with Crippen molar-refractivity contribution >= 4 is 15.5 Å². The second-order valence-corrected chi connectivity index (χ2v) is 7.14. The molecule has 1 N–H and O–H groups in total. The Morgan fingerprint density at radius 2 is 1.68 bits per heavy atom. The molecule has 1 aliphatic rings. The number of hydrogen-bond acceptors (Lipinski definition) is 3. The molecule has 0 aromatic heterocycles. The van der Waals surface area contributed by atoms with Gasteiger partial charge in [0.15, 0.2) is 0 Å². The summed E-state index contributed by atoms with van der Waals surface area (Å²) in [4.78, 5) is -0.343. The zero-order chi connectivity index (χ0) is 14.1. The minimum absolute atomic E-state index is 0.0170. The van der Waals surface area contributed by atoms with E-state index in [1.807, 2.05) is 0 Å². The average Bonchev–Trinajstić information content (AvgIpc) is 2.76. The van der Waals surface area contributed by atoms with Crippen molar-refractivity contribution < 1.29 is 17.2 Å². The molecule has 19 heavy (non-hydrogen) atoms. The standard InChI is InChI=1S/C13H17F2NO2S/c1-13(8-2-3-9-13)16-10-4-6-11(7-5-10)19(17,18)12(14)15/h4-7,12,16H,2-3,8-9H2,1H3. The summed E-state index contributed by atoms with van der Waals surface area (Å²) in [6, 6.07) is 5.53. The summed E-state index contributed by atoms with van der Waals surface area (Å²) in [7, 11) is -4.50. The fourth-order valence-electron chi connectivity index (χ4n) is 2.46. The van der Waals surface area contributed by atoms with Crippen LogP contribution in [0.1, 0.15) is 32.6 Å². The fraction of sp³-hybridized carbons (Fsp3) is 0.538. The minimum Gasteiger partial charge on any atom is -0.380 e. The maximum absolute atomic E-state index is 12.4. The number of anilines is 1. The molecule has 0 radical (unpaired) electrons. The molecular formula is C13H17F2NO2S. The molecule has 1 aromatic rings. The lowest BCUT2D eigenvalue weighted by Crippen LogP contribution is -2.30. The van der Waals surface area contributed by atoms with Gasteiger partial charge < -0.3 is 5.32 Å². The molecule has 0 atom stereocenters. The summed E-state index contributed by atoms with van der Waals surface area (Å²) in [6.45, 7) is 2.11. The van der Waals surface area contributed by atoms with Gasteiger partial charge in [-0.05, 0) is 44.0 Å². The lowest BCUT2D eigenvalue weighted by atomic mass is 10.0. The Bertz CT molecular complexity index is 534. The molecule has 0 aliphatic heterocycles. The number of alkyl halides is 2. The van der Waals surface area contributed by atoms with Gasteiger partial charge in [0, 0.05) is 11.2 Å². The molecular weight excluding hydrogens is 272 g/mol. The first-order valence-corrected chi connectivity index (χ1v) is 7.78. The molecule has 3 nitrogen and oxygen atoms in total. The first-order chi connectivity index (χ1) is 8.83. The maximum Gasteiger partial charge on any atom is 0.341 e. The highest BCUT2D eigenvalue weighted by Crippen LogP contribution is 2.32. The van der Waals surface area contributed by atoms with Gasteiger partial charge in [-0.25, -0.2) is 8.42 Å². The molecule has 0 saturated heterocycles. The molecule has 106 valence electrons. The topological polar surface area (TPSA) is 46.2 Å². The van der Waals surface area contributed by atoms with E-state index in [-0.39, 0.29) is 10.4 Å². The van der Waals surface area contributed by atoms with Crippen LogP contribution in [-0.2, 0) is 9.84 Å². The summed E-state index contributed by atoms with van der Waals surface area (Å²) in [5.41, 5.74) is 0.779. The van der Waals surface area contributed by atoms with Gasteiger partial charge in [-0.15, -0.1) is 0 Å². The van der Waals surface area contributed by atoms with Crippen LogP contribution >= 0.6 is 0 Å². The quantitative estimate of drug-likeness (QED) is 0.923. The normalized spacial score (nSPS) is 18.7. The summed E-state index contributed by atoms with van der Waals surface area (Å²) >= 11 is 0. The fourth-order valence-corrected chi connectivity index (χ4v) is 3.18. The number of sulfone groups is 1. The maximum atomic E-state index is 12.4. The van der Waals surface area contributed by atoms with Crippen LogP contribution in [0.5, 0.6) is 0 Å². The number of nitrogens with one attached hydrogen (secondary N) is 1. The van der Waals surface area contributed by atoms with E-state index in [1.165, 1.54) is 25.0 Å². The van der Waals surface area contributed by atoms with Gasteiger partial charge in [0.2, 0.25) is 9.84 Å². The molecule has 6 heteroatoms. The molecule has 1 aliphatic carbocycles. The Hall–Kier alpha value is -1.17. The van der Waals surface area contributed by atoms with Gasteiger partial charge in [-0.1, -0.05) is 12.8 Å². The molecule has 1 fully saturated rings. The highest BCUT2D eigenvalue weighted by atomic mass is 32.2. The molecule has 2 rings (SSSR count). The summed E-state index contributed by atoms with van der Waals surface area (Å²) in [5, 5.41) is 3.34. The third-order valence-electron chi connectivity index (χ3n) is 3.57. The Morgan fingerprint density at radius 3 is 2.16 bits per heavy atom. The molecule has 1 saturated carbocycles. The second-order valence-electron chi connectivity index (χ2n) is 5.22. The van der Waals surface area contributed by atoms with Crippen LogP contribution in [0, 0.1) is 0 Å². The van der Waals surface area contributed by atoms with E-state index in [0.29, 0.717) is 0 Å². The zero-order valence-corrected chi connectivity index (χ0v) is 11.5. The summed E-state index contributed by atoms with van der Waals surface area (Å²) in [6.07, 6.45) is 4.46. The molecule has 0 heterocycles. The van der Waals surface area contributed by atoms with Crippen LogP contribution < -0.4 is 5.32 Å². The van der Waals surface area contributed by atoms with E-state index >= 15 is 0 Å². The lowest BCUT2D eigenvalue weighted by molar-refractivity contribution is 0.234. The second kappa shape index (κ2) is 5.07. The highest BCUT2D eigenvalue weighted by molar-refractivity contribution is 7.91. The van der Waals surface area contributed by atoms with E-state index in [9.17, 15) is 17.2 Å². The average molecular weight is 289 g/mol. The van der Waals surface area contributed by atoms with Crippen molar-refractivity contribution in [2.45, 2.75) is 48.8 Å². The van der Waals surface area contributed by atoms with Crippen molar-refractivity contribution in [2.24, 2.45) is 0 Å². The summed E-state index contributed by atoms with van der Waals surface area (Å²) < 4.78 is 47.3. The first kappa shape index (κ1) is 14.2. The SMILES string of the molecule is CC1(Nc2ccc(S(=O)(=O)C(F)F)cc2)CCCC1. The van der Waals surface area contributed by atoms with Crippen LogP contribution in [0.25, 0.3) is 0 Å². The van der Waals surface area contributed by atoms with Crippen molar-refractivity contribution in [1.29, 1.82) is 0 Å². The van der Waals surface area contributed by atoms with Crippen molar-refractivity contribution in [2.75, 3.05) is 5.32 Å². The number of rotatable bonds is 4. The van der Waals surface area contributed by atoms with Crippen molar-refractivity contribution in [1.82, 2.24) is 0 Å². The van der Waals surface area contributed by atoms with Gasteiger partial charge >= 0.3 is 5.76 Å². The predicted molar refractivity (Wildman–Crippen MR) is 70.1 cm³/mol. The molecule has 0 bridgehead atoms. The third-order valence-corrected chi connectivity index (χ3v) is 4.97. The van der Waals surface area contributed by atoms with Crippen LogP contribution in [0.3, 0.4) is 0 Å². The van der Waals surface area contributed by atoms with Gasteiger partial charge in [-0.3, -0.25) is 0 Å². The van der Waals surface area contributed by atoms with E-state index in [2.05, 4.69) is 12.2 Å². The Morgan fingerprint density at radius 1 is 1.16 bits per heavy atom. The zero-order valence-electron chi connectivity index (χ0n) is 10.7. The minimum atomic E-state index is -4.50. The van der Waals surface area contributed by atoms with E-state index in [1.54, 1.807) is 12.1 Å². The number of benzene rings is 1. The van der Waals surface area contributed by atoms with Crippen LogP contribution in [-0.4, -0.2) is 19.7 Å².